The van der Waals surface area contributed by atoms with Crippen molar-refractivity contribution in [1.29, 1.82) is 0 Å². The fourth-order valence-corrected chi connectivity index (χ4v) is 6.65. The standard InChI is InChI=1S/C31H31ClFN7O3/c1-2-43-23-13-20(31(42)37-25-11-17(9-10-35-25)16-3-4-16)22(33)12-21(23)27-28-29(34)36-14-24(32)40(28)30(38-27)18-5-6-19-7-8-26(41)39(19)15-18/h9-14,16,18-19H,2-8,15H2,1H3,(H2,34,36)(H,35,37,42). The lowest BCUT2D eigenvalue weighted by Gasteiger charge is -2.34. The van der Waals surface area contributed by atoms with Gasteiger partial charge in [0.05, 0.1) is 18.4 Å². The summed E-state index contributed by atoms with van der Waals surface area (Å²) in [6.07, 6.45) is 8.42. The van der Waals surface area contributed by atoms with Crippen LogP contribution in [0.3, 0.4) is 0 Å². The Labute approximate surface area is 252 Å². The quantitative estimate of drug-likeness (QED) is 0.283. The van der Waals surface area contributed by atoms with Gasteiger partial charge < -0.3 is 20.7 Å². The largest absolute Gasteiger partial charge is 0.493 e. The van der Waals surface area contributed by atoms with Crippen molar-refractivity contribution in [2.45, 2.75) is 63.3 Å². The van der Waals surface area contributed by atoms with Crippen LogP contribution in [0.2, 0.25) is 5.15 Å². The van der Waals surface area contributed by atoms with Gasteiger partial charge >= 0.3 is 0 Å². The molecule has 7 rings (SSSR count). The van der Waals surface area contributed by atoms with Gasteiger partial charge in [-0.2, -0.15) is 0 Å². The number of benzene rings is 1. The topological polar surface area (TPSA) is 128 Å². The number of amides is 2. The van der Waals surface area contributed by atoms with Gasteiger partial charge in [0, 0.05) is 36.7 Å². The average Bonchev–Trinajstić information content (AvgIpc) is 3.68. The molecule has 10 nitrogen and oxygen atoms in total. The van der Waals surface area contributed by atoms with Crippen LogP contribution in [0.1, 0.15) is 79.0 Å². The van der Waals surface area contributed by atoms with Crippen molar-refractivity contribution in [2.24, 2.45) is 0 Å². The van der Waals surface area contributed by atoms with E-state index in [1.165, 1.54) is 18.3 Å². The molecule has 3 aliphatic rings. The molecule has 43 heavy (non-hydrogen) atoms. The number of hydrogen-bond donors (Lipinski definition) is 2. The van der Waals surface area contributed by atoms with E-state index in [0.29, 0.717) is 52.5 Å². The number of aromatic nitrogens is 4. The SMILES string of the molecule is CCOc1cc(C(=O)Nc2cc(C3CC3)ccn2)c(F)cc1-c1nc(C2CCC3CCC(=O)N3C2)n2c(Cl)cnc(N)c12. The Bertz CT molecular complexity index is 1770. The van der Waals surface area contributed by atoms with E-state index in [4.69, 9.17) is 27.1 Å². The number of carbonyl (C=O) groups is 2. The number of hydrogen-bond acceptors (Lipinski definition) is 7. The molecule has 3 fully saturated rings. The smallest absolute Gasteiger partial charge is 0.259 e. The minimum atomic E-state index is -0.756. The number of pyridine rings is 1. The van der Waals surface area contributed by atoms with Crippen LogP contribution in [0.25, 0.3) is 16.8 Å². The predicted molar refractivity (Wildman–Crippen MR) is 160 cm³/mol. The number of halogens is 2. The van der Waals surface area contributed by atoms with Crippen LogP contribution in [-0.4, -0.2) is 55.3 Å². The Morgan fingerprint density at radius 2 is 1.98 bits per heavy atom. The van der Waals surface area contributed by atoms with Gasteiger partial charge in [0.2, 0.25) is 5.91 Å². The molecule has 0 radical (unpaired) electrons. The van der Waals surface area contributed by atoms with Crippen molar-refractivity contribution in [1.82, 2.24) is 24.3 Å². The zero-order valence-corrected chi connectivity index (χ0v) is 24.4. The number of anilines is 2. The Morgan fingerprint density at radius 1 is 1.16 bits per heavy atom. The minimum absolute atomic E-state index is 0.108. The molecule has 5 heterocycles. The van der Waals surface area contributed by atoms with Gasteiger partial charge in [0.25, 0.3) is 5.91 Å². The summed E-state index contributed by atoms with van der Waals surface area (Å²) in [5, 5.41) is 3.02. The third-order valence-electron chi connectivity index (χ3n) is 8.70. The van der Waals surface area contributed by atoms with Crippen molar-refractivity contribution in [3.05, 3.63) is 64.6 Å². The number of carbonyl (C=O) groups excluding carboxylic acids is 2. The molecule has 1 aromatic carbocycles. The summed E-state index contributed by atoms with van der Waals surface area (Å²) in [7, 11) is 0. The molecule has 0 bridgehead atoms. The number of nitrogens with zero attached hydrogens (tertiary/aromatic N) is 5. The first-order valence-electron chi connectivity index (χ1n) is 14.7. The second kappa shape index (κ2) is 10.8. The first-order chi connectivity index (χ1) is 20.8. The molecule has 1 saturated carbocycles. The van der Waals surface area contributed by atoms with E-state index >= 15 is 4.39 Å². The molecule has 0 spiro atoms. The monoisotopic (exact) mass is 603 g/mol. The molecular formula is C31H31ClFN7O3. The molecule has 2 unspecified atom stereocenters. The van der Waals surface area contributed by atoms with Gasteiger partial charge in [-0.15, -0.1) is 0 Å². The first-order valence-corrected chi connectivity index (χ1v) is 15.1. The fraction of sp³-hybridized carbons (Fsp3) is 0.387. The molecular weight excluding hydrogens is 573 g/mol. The van der Waals surface area contributed by atoms with E-state index in [2.05, 4.69) is 15.3 Å². The molecule has 2 atom stereocenters. The molecule has 2 aliphatic heterocycles. The Kier molecular flexibility index (Phi) is 6.92. The molecule has 3 N–H and O–H groups in total. The van der Waals surface area contributed by atoms with Gasteiger partial charge in [0.1, 0.15) is 45.4 Å². The Balaban J connectivity index is 1.29. The number of rotatable bonds is 7. The summed E-state index contributed by atoms with van der Waals surface area (Å²) in [6.45, 7) is 2.58. The summed E-state index contributed by atoms with van der Waals surface area (Å²) in [6, 6.07) is 6.62. The number of imidazole rings is 1. The van der Waals surface area contributed by atoms with Crippen LogP contribution in [-0.2, 0) is 4.79 Å². The number of piperidine rings is 1. The maximum atomic E-state index is 15.8. The van der Waals surface area contributed by atoms with Crippen molar-refractivity contribution in [3.63, 3.8) is 0 Å². The normalized spacial score (nSPS) is 20.0. The third-order valence-corrected chi connectivity index (χ3v) is 8.96. The molecule has 4 aromatic rings. The van der Waals surface area contributed by atoms with Crippen molar-refractivity contribution >= 4 is 40.6 Å². The van der Waals surface area contributed by atoms with Crippen molar-refractivity contribution in [2.75, 3.05) is 24.2 Å². The summed E-state index contributed by atoms with van der Waals surface area (Å²) in [5.74, 6) is 0.526. The van der Waals surface area contributed by atoms with Crippen LogP contribution >= 0.6 is 11.6 Å². The minimum Gasteiger partial charge on any atom is -0.493 e. The number of nitrogens with one attached hydrogen (secondary N) is 1. The first kappa shape index (κ1) is 27.6. The van der Waals surface area contributed by atoms with Crippen LogP contribution in [0.5, 0.6) is 5.75 Å². The van der Waals surface area contributed by atoms with Crippen LogP contribution in [0.15, 0.2) is 36.7 Å². The van der Waals surface area contributed by atoms with Crippen LogP contribution < -0.4 is 15.8 Å². The summed E-state index contributed by atoms with van der Waals surface area (Å²) < 4.78 is 23.4. The van der Waals surface area contributed by atoms with E-state index in [-0.39, 0.29) is 41.6 Å². The average molecular weight is 604 g/mol. The maximum absolute atomic E-state index is 15.8. The van der Waals surface area contributed by atoms with Gasteiger partial charge in [-0.25, -0.2) is 19.3 Å². The third kappa shape index (κ3) is 4.95. The van der Waals surface area contributed by atoms with Crippen LogP contribution in [0.4, 0.5) is 16.0 Å². The lowest BCUT2D eigenvalue weighted by atomic mass is 9.92. The molecule has 1 aliphatic carbocycles. The van der Waals surface area contributed by atoms with E-state index < -0.39 is 11.7 Å². The fourth-order valence-electron chi connectivity index (χ4n) is 6.43. The molecule has 12 heteroatoms. The van der Waals surface area contributed by atoms with Gasteiger partial charge in [-0.05, 0) is 74.8 Å². The molecule has 3 aromatic heterocycles. The number of fused-ring (bicyclic) bond motifs is 2. The molecule has 2 amide bonds. The van der Waals surface area contributed by atoms with E-state index in [9.17, 15) is 9.59 Å². The second-order valence-corrected chi connectivity index (χ2v) is 11.8. The van der Waals surface area contributed by atoms with Crippen molar-refractivity contribution in [3.8, 4) is 17.0 Å². The summed E-state index contributed by atoms with van der Waals surface area (Å²) >= 11 is 6.66. The highest BCUT2D eigenvalue weighted by molar-refractivity contribution is 6.30. The van der Waals surface area contributed by atoms with Gasteiger partial charge in [-0.3, -0.25) is 14.0 Å². The second-order valence-electron chi connectivity index (χ2n) is 11.4. The van der Waals surface area contributed by atoms with Gasteiger partial charge in [0.15, 0.2) is 0 Å². The highest BCUT2D eigenvalue weighted by atomic mass is 35.5. The predicted octanol–water partition coefficient (Wildman–Crippen LogP) is 5.56. The lowest BCUT2D eigenvalue weighted by molar-refractivity contribution is -0.130. The Morgan fingerprint density at radius 3 is 2.77 bits per heavy atom. The Hall–Kier alpha value is -4.25. The van der Waals surface area contributed by atoms with Crippen LogP contribution in [0, 0.1) is 5.82 Å². The number of nitrogens with two attached hydrogens (primary N) is 1. The zero-order valence-electron chi connectivity index (χ0n) is 23.6. The lowest BCUT2D eigenvalue weighted by Crippen LogP contribution is -2.41. The zero-order chi connectivity index (χ0) is 29.8. The van der Waals surface area contributed by atoms with E-state index in [0.717, 1.165) is 37.7 Å². The van der Waals surface area contributed by atoms with Crippen molar-refractivity contribution < 1.29 is 18.7 Å². The highest BCUT2D eigenvalue weighted by Crippen LogP contribution is 2.42. The van der Waals surface area contributed by atoms with Gasteiger partial charge in [-0.1, -0.05) is 11.6 Å². The number of ether oxygens (including phenoxy) is 1. The summed E-state index contributed by atoms with van der Waals surface area (Å²) in [4.78, 5) is 41.2. The number of nitrogen functional groups attached to an aromatic ring is 1. The summed E-state index contributed by atoms with van der Waals surface area (Å²) in [5.41, 5.74) is 8.36. The highest BCUT2D eigenvalue weighted by Gasteiger charge is 2.39. The van der Waals surface area contributed by atoms with E-state index in [1.54, 1.807) is 17.5 Å². The van der Waals surface area contributed by atoms with E-state index in [1.807, 2.05) is 17.0 Å². The molecule has 222 valence electrons. The maximum Gasteiger partial charge on any atom is 0.259 e. The molecule has 2 saturated heterocycles.